The predicted octanol–water partition coefficient (Wildman–Crippen LogP) is 4.93. The largest absolute Gasteiger partial charge is 0.271 e. The first-order valence-electron chi connectivity index (χ1n) is 7.06. The summed E-state index contributed by atoms with van der Waals surface area (Å²) in [5, 5.41) is 6.02. The Morgan fingerprint density at radius 2 is 1.90 bits per heavy atom. The normalized spacial score (nSPS) is 12.6. The fourth-order valence-corrected chi connectivity index (χ4v) is 3.27. The van der Waals surface area contributed by atoms with E-state index in [9.17, 15) is 0 Å². The molecule has 1 aromatic carbocycles. The van der Waals surface area contributed by atoms with Gasteiger partial charge in [0, 0.05) is 18.0 Å². The third-order valence-corrected chi connectivity index (χ3v) is 4.91. The molecule has 0 bridgehead atoms. The first-order chi connectivity index (χ1) is 10.1. The molecule has 1 aromatic heterocycles. The summed E-state index contributed by atoms with van der Waals surface area (Å²) in [6.07, 6.45) is 2.48. The molecule has 0 aliphatic carbocycles. The summed E-state index contributed by atoms with van der Waals surface area (Å²) in [5.74, 6) is 0.845. The van der Waals surface area contributed by atoms with Crippen molar-refractivity contribution >= 4 is 34.8 Å². The monoisotopic (exact) mass is 344 g/mol. The van der Waals surface area contributed by atoms with E-state index >= 15 is 0 Å². The van der Waals surface area contributed by atoms with Crippen LogP contribution < -0.4 is 0 Å². The fourth-order valence-electron chi connectivity index (χ4n) is 2.47. The van der Waals surface area contributed by atoms with Gasteiger partial charge in [-0.05, 0) is 36.8 Å². The minimum absolute atomic E-state index is 0.282. The molecule has 2 rings (SSSR count). The van der Waals surface area contributed by atoms with Gasteiger partial charge in [0.15, 0.2) is 0 Å². The second kappa shape index (κ2) is 7.53. The van der Waals surface area contributed by atoms with Gasteiger partial charge in [-0.3, -0.25) is 4.68 Å². The smallest absolute Gasteiger partial charge is 0.0849 e. The van der Waals surface area contributed by atoms with Crippen LogP contribution in [-0.2, 0) is 26.3 Å². The third-order valence-electron chi connectivity index (χ3n) is 3.67. The highest BCUT2D eigenvalue weighted by Gasteiger charge is 2.18. The highest BCUT2D eigenvalue weighted by Crippen LogP contribution is 2.27. The quantitative estimate of drug-likeness (QED) is 0.679. The Morgan fingerprint density at radius 3 is 2.48 bits per heavy atom. The summed E-state index contributed by atoms with van der Waals surface area (Å²) < 4.78 is 1.87. The van der Waals surface area contributed by atoms with E-state index < -0.39 is 0 Å². The molecule has 5 heteroatoms. The van der Waals surface area contributed by atoms with Crippen molar-refractivity contribution in [1.29, 1.82) is 0 Å². The van der Waals surface area contributed by atoms with Crippen LogP contribution in [0.25, 0.3) is 0 Å². The Kier molecular flexibility index (Phi) is 5.98. The minimum Gasteiger partial charge on any atom is -0.271 e. The maximum Gasteiger partial charge on any atom is 0.0849 e. The molecule has 1 unspecified atom stereocenters. The molecule has 0 spiro atoms. The van der Waals surface area contributed by atoms with E-state index in [1.54, 1.807) is 0 Å². The molecular formula is C16H19Cl3N2. The van der Waals surface area contributed by atoms with Crippen LogP contribution >= 0.6 is 34.8 Å². The molecular weight excluding hydrogens is 327 g/mol. The van der Waals surface area contributed by atoms with Crippen molar-refractivity contribution in [3.05, 3.63) is 51.3 Å². The summed E-state index contributed by atoms with van der Waals surface area (Å²) >= 11 is 18.8. The first-order valence-corrected chi connectivity index (χ1v) is 8.35. The third kappa shape index (κ3) is 3.94. The molecule has 0 amide bonds. The van der Waals surface area contributed by atoms with Gasteiger partial charge in [0.25, 0.3) is 0 Å². The van der Waals surface area contributed by atoms with Gasteiger partial charge >= 0.3 is 0 Å². The lowest BCUT2D eigenvalue weighted by Gasteiger charge is -2.15. The van der Waals surface area contributed by atoms with Gasteiger partial charge in [-0.15, -0.1) is 11.6 Å². The van der Waals surface area contributed by atoms with Gasteiger partial charge in [0.1, 0.15) is 0 Å². The number of halogens is 3. The highest BCUT2D eigenvalue weighted by molar-refractivity contribution is 6.32. The van der Waals surface area contributed by atoms with Crippen molar-refractivity contribution in [1.82, 2.24) is 9.78 Å². The molecule has 1 atom stereocenters. The Hall–Kier alpha value is -0.700. The molecule has 114 valence electrons. The second-order valence-corrected chi connectivity index (χ2v) is 6.30. The van der Waals surface area contributed by atoms with Crippen molar-refractivity contribution in [2.75, 3.05) is 5.88 Å². The maximum absolute atomic E-state index is 6.41. The summed E-state index contributed by atoms with van der Waals surface area (Å²) in [6.45, 7) is 2.06. The zero-order valence-electron chi connectivity index (χ0n) is 12.2. The average molecular weight is 346 g/mol. The first kappa shape index (κ1) is 16.7. The van der Waals surface area contributed by atoms with Crippen LogP contribution in [-0.4, -0.2) is 15.7 Å². The lowest BCUT2D eigenvalue weighted by Crippen LogP contribution is -2.13. The van der Waals surface area contributed by atoms with Gasteiger partial charge in [0.2, 0.25) is 0 Å². The molecule has 2 nitrogen and oxygen atoms in total. The van der Waals surface area contributed by atoms with Crippen molar-refractivity contribution in [3.8, 4) is 0 Å². The van der Waals surface area contributed by atoms with Crippen molar-refractivity contribution in [2.24, 2.45) is 13.0 Å². The van der Waals surface area contributed by atoms with E-state index in [1.165, 1.54) is 0 Å². The van der Waals surface area contributed by atoms with E-state index in [1.807, 2.05) is 36.0 Å². The SMILES string of the molecule is CCc1nn(C)c(CC(CCl)Cc2ccccc2Cl)c1Cl. The summed E-state index contributed by atoms with van der Waals surface area (Å²) in [6, 6.07) is 7.89. The predicted molar refractivity (Wildman–Crippen MR) is 90.7 cm³/mol. The number of benzene rings is 1. The number of aryl methyl sites for hydroxylation is 2. The fraction of sp³-hybridized carbons (Fsp3) is 0.438. The van der Waals surface area contributed by atoms with E-state index in [2.05, 4.69) is 12.0 Å². The second-order valence-electron chi connectivity index (χ2n) is 5.20. The lowest BCUT2D eigenvalue weighted by molar-refractivity contribution is 0.551. The van der Waals surface area contributed by atoms with Crippen molar-refractivity contribution in [3.63, 3.8) is 0 Å². The van der Waals surface area contributed by atoms with Gasteiger partial charge in [-0.2, -0.15) is 5.10 Å². The molecule has 0 fully saturated rings. The summed E-state index contributed by atoms with van der Waals surface area (Å²) in [5.41, 5.74) is 3.12. The molecule has 0 N–H and O–H groups in total. The van der Waals surface area contributed by atoms with Gasteiger partial charge in [-0.1, -0.05) is 48.3 Å². The number of alkyl halides is 1. The molecule has 2 aromatic rings. The van der Waals surface area contributed by atoms with Crippen molar-refractivity contribution in [2.45, 2.75) is 26.2 Å². The number of hydrogen-bond donors (Lipinski definition) is 0. The van der Waals surface area contributed by atoms with Crippen LogP contribution in [0.15, 0.2) is 24.3 Å². The highest BCUT2D eigenvalue weighted by atomic mass is 35.5. The van der Waals surface area contributed by atoms with E-state index in [4.69, 9.17) is 34.8 Å². The topological polar surface area (TPSA) is 17.8 Å². The van der Waals surface area contributed by atoms with Crippen molar-refractivity contribution < 1.29 is 0 Å². The van der Waals surface area contributed by atoms with Crippen LogP contribution in [0.2, 0.25) is 10.0 Å². The van der Waals surface area contributed by atoms with Gasteiger partial charge in [0.05, 0.1) is 16.4 Å². The van der Waals surface area contributed by atoms with E-state index in [-0.39, 0.29) is 5.92 Å². The van der Waals surface area contributed by atoms with Crippen LogP contribution in [0.5, 0.6) is 0 Å². The molecule has 0 saturated heterocycles. The molecule has 0 aliphatic rings. The Labute approximate surface area is 141 Å². The number of hydrogen-bond acceptors (Lipinski definition) is 1. The van der Waals surface area contributed by atoms with Crippen LogP contribution in [0, 0.1) is 5.92 Å². The van der Waals surface area contributed by atoms with E-state index in [0.29, 0.717) is 5.88 Å². The molecule has 21 heavy (non-hydrogen) atoms. The molecule has 0 saturated carbocycles. The number of aromatic nitrogens is 2. The summed E-state index contributed by atoms with van der Waals surface area (Å²) in [4.78, 5) is 0. The Balaban J connectivity index is 2.16. The summed E-state index contributed by atoms with van der Waals surface area (Å²) in [7, 11) is 1.93. The molecule has 0 aliphatic heterocycles. The number of rotatable bonds is 6. The molecule has 0 radical (unpaired) electrons. The maximum atomic E-state index is 6.41. The van der Waals surface area contributed by atoms with Crippen LogP contribution in [0.1, 0.15) is 23.9 Å². The van der Waals surface area contributed by atoms with Gasteiger partial charge in [-0.25, -0.2) is 0 Å². The standard InChI is InChI=1S/C16H19Cl3N2/c1-3-14-16(19)15(21(2)20-14)9-11(10-17)8-12-6-4-5-7-13(12)18/h4-7,11H,3,8-10H2,1-2H3. The van der Waals surface area contributed by atoms with Crippen LogP contribution in [0.3, 0.4) is 0 Å². The Bertz CT molecular complexity index is 608. The minimum atomic E-state index is 0.282. The van der Waals surface area contributed by atoms with E-state index in [0.717, 1.165) is 46.3 Å². The zero-order valence-corrected chi connectivity index (χ0v) is 14.5. The number of nitrogens with zero attached hydrogens (tertiary/aromatic N) is 2. The lowest BCUT2D eigenvalue weighted by atomic mass is 9.96. The zero-order chi connectivity index (χ0) is 15.4. The average Bonchev–Trinajstić information content (AvgIpc) is 2.75. The van der Waals surface area contributed by atoms with Gasteiger partial charge < -0.3 is 0 Å². The van der Waals surface area contributed by atoms with Crippen LogP contribution in [0.4, 0.5) is 0 Å². The molecule has 1 heterocycles. The Morgan fingerprint density at radius 1 is 1.19 bits per heavy atom.